The van der Waals surface area contributed by atoms with Crippen molar-refractivity contribution < 1.29 is 19.4 Å². The van der Waals surface area contributed by atoms with Gasteiger partial charge in [-0.25, -0.2) is 0 Å². The quantitative estimate of drug-likeness (QED) is 0.814. The predicted molar refractivity (Wildman–Crippen MR) is 61.1 cm³/mol. The minimum atomic E-state index is -0.886. The fourth-order valence-corrected chi connectivity index (χ4v) is 1.87. The van der Waals surface area contributed by atoms with Gasteiger partial charge in [-0.15, -0.1) is 0 Å². The van der Waals surface area contributed by atoms with Crippen molar-refractivity contribution >= 4 is 5.97 Å². The highest BCUT2D eigenvalue weighted by Gasteiger charge is 2.28. The monoisotopic (exact) mass is 237 g/mol. The minimum absolute atomic E-state index is 0.165. The van der Waals surface area contributed by atoms with Crippen LogP contribution in [-0.2, 0) is 9.53 Å². The van der Waals surface area contributed by atoms with Crippen molar-refractivity contribution in [3.63, 3.8) is 0 Å². The van der Waals surface area contributed by atoms with E-state index in [2.05, 4.69) is 5.32 Å². The molecule has 5 nitrogen and oxygen atoms in total. The first-order valence-electron chi connectivity index (χ1n) is 5.43. The van der Waals surface area contributed by atoms with Gasteiger partial charge in [0.2, 0.25) is 0 Å². The molecule has 0 spiro atoms. The number of hydrogen-bond donors (Lipinski definition) is 2. The average Bonchev–Trinajstić information content (AvgIpc) is 2.39. The Morgan fingerprint density at radius 2 is 2.29 bits per heavy atom. The number of methoxy groups -OCH3 is 1. The molecule has 1 fully saturated rings. The first-order valence-corrected chi connectivity index (χ1v) is 5.43. The second kappa shape index (κ2) is 5.16. The van der Waals surface area contributed by atoms with E-state index in [9.17, 15) is 4.79 Å². The molecule has 1 aromatic rings. The Hall–Kier alpha value is -1.59. The van der Waals surface area contributed by atoms with Gasteiger partial charge in [-0.3, -0.25) is 10.1 Å². The van der Waals surface area contributed by atoms with Gasteiger partial charge in [0, 0.05) is 12.1 Å². The lowest BCUT2D eigenvalue weighted by atomic mass is 10.1. The normalized spacial score (nSPS) is 24.3. The lowest BCUT2D eigenvalue weighted by Gasteiger charge is -2.29. The van der Waals surface area contributed by atoms with E-state index < -0.39 is 12.0 Å². The van der Waals surface area contributed by atoms with E-state index in [-0.39, 0.29) is 12.7 Å². The van der Waals surface area contributed by atoms with Crippen LogP contribution in [0.3, 0.4) is 0 Å². The van der Waals surface area contributed by atoms with Crippen molar-refractivity contribution in [1.29, 1.82) is 0 Å². The zero-order chi connectivity index (χ0) is 12.3. The number of carboxylic acids is 1. The Morgan fingerprint density at radius 1 is 1.53 bits per heavy atom. The van der Waals surface area contributed by atoms with Crippen LogP contribution in [0.25, 0.3) is 0 Å². The summed E-state index contributed by atoms with van der Waals surface area (Å²) in [5.41, 5.74) is 0.936. The molecule has 17 heavy (non-hydrogen) atoms. The number of hydrogen-bond acceptors (Lipinski definition) is 4. The zero-order valence-corrected chi connectivity index (χ0v) is 9.55. The molecule has 2 N–H and O–H groups in total. The maximum absolute atomic E-state index is 10.8. The fourth-order valence-electron chi connectivity index (χ4n) is 1.87. The Morgan fingerprint density at radius 3 is 2.88 bits per heavy atom. The van der Waals surface area contributed by atoms with Crippen LogP contribution in [0.2, 0.25) is 0 Å². The zero-order valence-electron chi connectivity index (χ0n) is 9.55. The average molecular weight is 237 g/mol. The number of morpholine rings is 1. The lowest BCUT2D eigenvalue weighted by Crippen LogP contribution is -2.47. The molecule has 0 radical (unpaired) electrons. The van der Waals surface area contributed by atoms with Crippen molar-refractivity contribution in [3.05, 3.63) is 29.8 Å². The number of aliphatic carboxylic acids is 1. The van der Waals surface area contributed by atoms with E-state index in [1.165, 1.54) is 0 Å². The molecule has 2 rings (SSSR count). The summed E-state index contributed by atoms with van der Waals surface area (Å²) in [7, 11) is 1.61. The van der Waals surface area contributed by atoms with Crippen molar-refractivity contribution in [2.45, 2.75) is 12.1 Å². The molecule has 0 saturated carbocycles. The van der Waals surface area contributed by atoms with Gasteiger partial charge in [0.25, 0.3) is 0 Å². The summed E-state index contributed by atoms with van der Waals surface area (Å²) in [4.78, 5) is 10.8. The van der Waals surface area contributed by atoms with E-state index in [1.54, 1.807) is 7.11 Å². The van der Waals surface area contributed by atoms with E-state index >= 15 is 0 Å². The highest BCUT2D eigenvalue weighted by molar-refractivity contribution is 5.73. The summed E-state index contributed by atoms with van der Waals surface area (Å²) >= 11 is 0. The van der Waals surface area contributed by atoms with Crippen LogP contribution in [0.1, 0.15) is 11.7 Å². The summed E-state index contributed by atoms with van der Waals surface area (Å²) in [6, 6.07) is 6.96. The molecule has 2 unspecified atom stereocenters. The Balaban J connectivity index is 2.07. The summed E-state index contributed by atoms with van der Waals surface area (Å²) in [6.07, 6.45) is -0.165. The first kappa shape index (κ1) is 11.9. The largest absolute Gasteiger partial charge is 0.496 e. The number of carbonyl (C=O) groups is 1. The Labute approximate surface area is 99.3 Å². The second-order valence-electron chi connectivity index (χ2n) is 3.86. The fraction of sp³-hybridized carbons (Fsp3) is 0.417. The van der Waals surface area contributed by atoms with E-state index in [4.69, 9.17) is 14.6 Å². The molecular weight excluding hydrogens is 222 g/mol. The molecule has 1 aliphatic rings. The van der Waals surface area contributed by atoms with Crippen LogP contribution in [0.5, 0.6) is 5.75 Å². The van der Waals surface area contributed by atoms with Gasteiger partial charge < -0.3 is 14.6 Å². The molecular formula is C12H15NO4. The van der Waals surface area contributed by atoms with E-state index in [0.717, 1.165) is 11.3 Å². The number of nitrogens with one attached hydrogen (secondary N) is 1. The number of rotatable bonds is 3. The van der Waals surface area contributed by atoms with Crippen LogP contribution in [0.15, 0.2) is 24.3 Å². The minimum Gasteiger partial charge on any atom is -0.496 e. The molecule has 0 aliphatic carbocycles. The van der Waals surface area contributed by atoms with Crippen molar-refractivity contribution in [3.8, 4) is 5.75 Å². The topological polar surface area (TPSA) is 67.8 Å². The van der Waals surface area contributed by atoms with Gasteiger partial charge in [-0.1, -0.05) is 18.2 Å². The van der Waals surface area contributed by atoms with Crippen LogP contribution >= 0.6 is 0 Å². The van der Waals surface area contributed by atoms with E-state index in [0.29, 0.717) is 6.54 Å². The van der Waals surface area contributed by atoms with Crippen LogP contribution in [0, 0.1) is 0 Å². The first-order chi connectivity index (χ1) is 8.22. The molecule has 1 aromatic carbocycles. The second-order valence-corrected chi connectivity index (χ2v) is 3.86. The molecule has 1 aliphatic heterocycles. The maximum atomic E-state index is 10.8. The van der Waals surface area contributed by atoms with Crippen LogP contribution < -0.4 is 10.1 Å². The SMILES string of the molecule is COc1ccccc1C1CNC(C(=O)O)CO1. The van der Waals surface area contributed by atoms with Crippen LogP contribution in [-0.4, -0.2) is 37.4 Å². The standard InChI is InChI=1S/C12H15NO4/c1-16-10-5-3-2-4-8(10)11-6-13-9(7-17-11)12(14)15/h2-5,9,11,13H,6-7H2,1H3,(H,14,15). The molecule has 1 heterocycles. The van der Waals surface area contributed by atoms with Crippen LogP contribution in [0.4, 0.5) is 0 Å². The van der Waals surface area contributed by atoms with Crippen molar-refractivity contribution in [1.82, 2.24) is 5.32 Å². The predicted octanol–water partition coefficient (Wildman–Crippen LogP) is 0.809. The van der Waals surface area contributed by atoms with E-state index in [1.807, 2.05) is 24.3 Å². The summed E-state index contributed by atoms with van der Waals surface area (Å²) in [5, 5.41) is 11.8. The Kier molecular flexibility index (Phi) is 3.61. The summed E-state index contributed by atoms with van der Waals surface area (Å²) in [6.45, 7) is 0.634. The molecule has 0 bridgehead atoms. The molecule has 0 amide bonds. The smallest absolute Gasteiger partial charge is 0.323 e. The Bertz CT molecular complexity index is 399. The van der Waals surface area contributed by atoms with Gasteiger partial charge in [-0.05, 0) is 6.07 Å². The van der Waals surface area contributed by atoms with Gasteiger partial charge in [0.15, 0.2) is 0 Å². The number of para-hydroxylation sites is 1. The summed E-state index contributed by atoms with van der Waals surface area (Å²) in [5.74, 6) is -0.128. The number of ether oxygens (including phenoxy) is 2. The molecule has 92 valence electrons. The summed E-state index contributed by atoms with van der Waals surface area (Å²) < 4.78 is 10.8. The van der Waals surface area contributed by atoms with Crippen molar-refractivity contribution in [2.24, 2.45) is 0 Å². The van der Waals surface area contributed by atoms with Gasteiger partial charge in [0.1, 0.15) is 11.8 Å². The highest BCUT2D eigenvalue weighted by atomic mass is 16.5. The van der Waals surface area contributed by atoms with Gasteiger partial charge in [0.05, 0.1) is 19.8 Å². The van der Waals surface area contributed by atoms with Gasteiger partial charge in [-0.2, -0.15) is 0 Å². The third-order valence-corrected chi connectivity index (χ3v) is 2.80. The molecule has 5 heteroatoms. The maximum Gasteiger partial charge on any atom is 0.323 e. The lowest BCUT2D eigenvalue weighted by molar-refractivity contribution is -0.144. The molecule has 1 saturated heterocycles. The number of benzene rings is 1. The third-order valence-electron chi connectivity index (χ3n) is 2.80. The highest BCUT2D eigenvalue weighted by Crippen LogP contribution is 2.28. The van der Waals surface area contributed by atoms with Gasteiger partial charge >= 0.3 is 5.97 Å². The molecule has 0 aromatic heterocycles. The number of carboxylic acid groups (broad SMARTS) is 1. The van der Waals surface area contributed by atoms with Crippen molar-refractivity contribution in [2.75, 3.05) is 20.3 Å². The third kappa shape index (κ3) is 2.57. The molecule has 2 atom stereocenters.